The third-order valence-corrected chi connectivity index (χ3v) is 5.30. The fraction of sp³-hybridized carbons (Fsp3) is 0.214. The van der Waals surface area contributed by atoms with Gasteiger partial charge in [-0.1, -0.05) is 28.1 Å². The highest BCUT2D eigenvalue weighted by molar-refractivity contribution is 9.10. The average Bonchev–Trinajstić information content (AvgIpc) is 2.90. The molecule has 2 heterocycles. The van der Waals surface area contributed by atoms with Gasteiger partial charge in [0.25, 0.3) is 0 Å². The minimum atomic E-state index is -3.77. The molecule has 1 aromatic carbocycles. The van der Waals surface area contributed by atoms with Gasteiger partial charge in [0.05, 0.1) is 5.69 Å². The maximum absolute atomic E-state index is 12.1. The maximum Gasteiger partial charge on any atom is 0.232 e. The minimum absolute atomic E-state index is 0.0282. The largest absolute Gasteiger partial charge is 0.279 e. The first-order valence-electron chi connectivity index (χ1n) is 6.75. The normalized spacial score (nSPS) is 18.4. The molecule has 1 amide bonds. The van der Waals surface area contributed by atoms with E-state index in [0.29, 0.717) is 5.69 Å². The van der Waals surface area contributed by atoms with Crippen LogP contribution >= 0.6 is 15.9 Å². The monoisotopic (exact) mass is 396 g/mol. The lowest BCUT2D eigenvalue weighted by Crippen LogP contribution is -2.32. The van der Waals surface area contributed by atoms with E-state index in [4.69, 9.17) is 5.14 Å². The predicted molar refractivity (Wildman–Crippen MR) is 89.0 cm³/mol. The van der Waals surface area contributed by atoms with Crippen LogP contribution in [-0.4, -0.2) is 36.1 Å². The Morgan fingerprint density at radius 2 is 2.09 bits per heavy atom. The Kier molecular flexibility index (Phi) is 4.17. The number of carbonyl (C=O) groups is 1. The highest BCUT2D eigenvalue weighted by Gasteiger charge is 2.38. The quantitative estimate of drug-likeness (QED) is 0.841. The molecule has 2 N–H and O–H groups in total. The Hall–Kier alpha value is -1.84. The summed E-state index contributed by atoms with van der Waals surface area (Å²) in [5.41, 5.74) is 1.50. The molecule has 1 aromatic heterocycles. The van der Waals surface area contributed by atoms with Crippen LogP contribution in [-0.2, 0) is 14.8 Å². The molecule has 9 heteroatoms. The molecule has 0 spiro atoms. The predicted octanol–water partition coefficient (Wildman–Crippen LogP) is 1.30. The molecule has 1 aliphatic heterocycles. The Morgan fingerprint density at radius 3 is 2.74 bits per heavy atom. The van der Waals surface area contributed by atoms with E-state index in [1.165, 1.54) is 11.1 Å². The fourth-order valence-corrected chi connectivity index (χ4v) is 3.51. The van der Waals surface area contributed by atoms with Crippen molar-refractivity contribution in [3.63, 3.8) is 0 Å². The molecule has 1 aliphatic rings. The van der Waals surface area contributed by atoms with E-state index in [-0.39, 0.29) is 24.8 Å². The van der Waals surface area contributed by atoms with Crippen LogP contribution < -0.4 is 10.0 Å². The lowest BCUT2D eigenvalue weighted by molar-refractivity contribution is -0.117. The third-order valence-electron chi connectivity index (χ3n) is 3.56. The highest BCUT2D eigenvalue weighted by Crippen LogP contribution is 2.25. The number of benzene rings is 1. The summed E-state index contributed by atoms with van der Waals surface area (Å²) in [7, 11) is -3.77. The number of hydrogen-bond donors (Lipinski definition) is 1. The van der Waals surface area contributed by atoms with Gasteiger partial charge < -0.3 is 0 Å². The maximum atomic E-state index is 12.1. The van der Waals surface area contributed by atoms with Crippen molar-refractivity contribution in [3.8, 4) is 11.3 Å². The van der Waals surface area contributed by atoms with Crippen LogP contribution in [0.2, 0.25) is 0 Å². The molecule has 120 valence electrons. The van der Waals surface area contributed by atoms with Gasteiger partial charge >= 0.3 is 0 Å². The average molecular weight is 397 g/mol. The van der Waals surface area contributed by atoms with Crippen LogP contribution in [0.15, 0.2) is 41.0 Å². The zero-order chi connectivity index (χ0) is 16.6. The first kappa shape index (κ1) is 16.0. The molecule has 1 unspecified atom stereocenters. The van der Waals surface area contributed by atoms with E-state index in [1.807, 2.05) is 24.3 Å². The minimum Gasteiger partial charge on any atom is -0.279 e. The number of nitrogens with two attached hydrogens (primary N) is 1. The molecular weight excluding hydrogens is 384 g/mol. The van der Waals surface area contributed by atoms with Crippen molar-refractivity contribution < 1.29 is 13.2 Å². The summed E-state index contributed by atoms with van der Waals surface area (Å²) in [4.78, 5) is 21.8. The van der Waals surface area contributed by atoms with Crippen molar-refractivity contribution >= 4 is 37.8 Å². The SMILES string of the molecule is NS(=O)(=O)C1CC(=O)N(c2nccc(-c3cccc(Br)c3)n2)C1. The smallest absolute Gasteiger partial charge is 0.232 e. The van der Waals surface area contributed by atoms with Crippen LogP contribution in [0.4, 0.5) is 5.95 Å². The second-order valence-electron chi connectivity index (χ2n) is 5.17. The van der Waals surface area contributed by atoms with Crippen LogP contribution in [0.1, 0.15) is 6.42 Å². The third kappa shape index (κ3) is 3.41. The number of aromatic nitrogens is 2. The second-order valence-corrected chi connectivity index (χ2v) is 7.93. The van der Waals surface area contributed by atoms with Gasteiger partial charge in [-0.2, -0.15) is 0 Å². The van der Waals surface area contributed by atoms with Crippen molar-refractivity contribution in [3.05, 3.63) is 41.0 Å². The van der Waals surface area contributed by atoms with Gasteiger partial charge in [0.2, 0.25) is 21.9 Å². The van der Waals surface area contributed by atoms with Crippen molar-refractivity contribution in [1.82, 2.24) is 9.97 Å². The summed E-state index contributed by atoms with van der Waals surface area (Å²) in [6, 6.07) is 9.27. The van der Waals surface area contributed by atoms with E-state index in [2.05, 4.69) is 25.9 Å². The number of rotatable bonds is 3. The van der Waals surface area contributed by atoms with Crippen LogP contribution in [0.3, 0.4) is 0 Å². The number of amides is 1. The lowest BCUT2D eigenvalue weighted by Gasteiger charge is -2.14. The van der Waals surface area contributed by atoms with Gasteiger partial charge in [-0.25, -0.2) is 23.5 Å². The molecule has 3 rings (SSSR count). The molecule has 7 nitrogen and oxygen atoms in total. The van der Waals surface area contributed by atoms with Gasteiger partial charge in [0, 0.05) is 29.2 Å². The molecule has 0 radical (unpaired) electrons. The summed E-state index contributed by atoms with van der Waals surface area (Å²) < 4.78 is 23.8. The van der Waals surface area contributed by atoms with Crippen LogP contribution in [0.25, 0.3) is 11.3 Å². The van der Waals surface area contributed by atoms with Gasteiger partial charge in [0.15, 0.2) is 0 Å². The van der Waals surface area contributed by atoms with E-state index in [9.17, 15) is 13.2 Å². The number of primary sulfonamides is 1. The van der Waals surface area contributed by atoms with E-state index in [1.54, 1.807) is 6.07 Å². The molecule has 2 aromatic rings. The Bertz CT molecular complexity index is 872. The van der Waals surface area contributed by atoms with Gasteiger partial charge in [-0.3, -0.25) is 9.69 Å². The zero-order valence-electron chi connectivity index (χ0n) is 11.9. The van der Waals surface area contributed by atoms with E-state index < -0.39 is 15.3 Å². The number of anilines is 1. The Balaban J connectivity index is 1.93. The molecule has 1 saturated heterocycles. The van der Waals surface area contributed by atoms with Crippen molar-refractivity contribution in [2.75, 3.05) is 11.4 Å². The number of sulfonamides is 1. The summed E-state index contributed by atoms with van der Waals surface area (Å²) in [5.74, 6) is -0.172. The van der Waals surface area contributed by atoms with Crippen molar-refractivity contribution in [2.45, 2.75) is 11.7 Å². The molecule has 1 atom stereocenters. The fourth-order valence-electron chi connectivity index (χ4n) is 2.38. The summed E-state index contributed by atoms with van der Waals surface area (Å²) in [6.07, 6.45) is 1.39. The number of nitrogens with zero attached hydrogens (tertiary/aromatic N) is 3. The topological polar surface area (TPSA) is 106 Å². The summed E-state index contributed by atoms with van der Waals surface area (Å²) >= 11 is 3.39. The molecule has 0 bridgehead atoms. The van der Waals surface area contributed by atoms with E-state index >= 15 is 0 Å². The zero-order valence-corrected chi connectivity index (χ0v) is 14.3. The van der Waals surface area contributed by atoms with E-state index in [0.717, 1.165) is 10.0 Å². The molecule has 1 fully saturated rings. The highest BCUT2D eigenvalue weighted by atomic mass is 79.9. The first-order chi connectivity index (χ1) is 10.8. The van der Waals surface area contributed by atoms with Gasteiger partial charge in [-0.15, -0.1) is 0 Å². The Labute approximate surface area is 141 Å². The summed E-state index contributed by atoms with van der Waals surface area (Å²) in [5, 5.41) is 4.21. The molecule has 23 heavy (non-hydrogen) atoms. The number of hydrogen-bond acceptors (Lipinski definition) is 5. The van der Waals surface area contributed by atoms with Gasteiger partial charge in [-0.05, 0) is 18.2 Å². The molecule has 0 aliphatic carbocycles. The Morgan fingerprint density at radius 1 is 1.30 bits per heavy atom. The molecular formula is C14H13BrN4O3S. The number of carbonyl (C=O) groups excluding carboxylic acids is 1. The number of halogens is 1. The molecule has 0 saturated carbocycles. The standard InChI is InChI=1S/C14H13BrN4O3S/c15-10-3-1-2-9(6-10)12-4-5-17-14(18-12)19-8-11(7-13(19)20)23(16,21)22/h1-6,11H,7-8H2,(H2,16,21,22). The summed E-state index contributed by atoms with van der Waals surface area (Å²) in [6.45, 7) is -0.0282. The van der Waals surface area contributed by atoms with Crippen LogP contribution in [0, 0.1) is 0 Å². The van der Waals surface area contributed by atoms with Crippen LogP contribution in [0.5, 0.6) is 0 Å². The van der Waals surface area contributed by atoms with Crippen molar-refractivity contribution in [1.29, 1.82) is 0 Å². The second kappa shape index (κ2) is 5.99. The van der Waals surface area contributed by atoms with Gasteiger partial charge in [0.1, 0.15) is 5.25 Å². The van der Waals surface area contributed by atoms with Crippen molar-refractivity contribution in [2.24, 2.45) is 5.14 Å². The lowest BCUT2D eigenvalue weighted by atomic mass is 10.1. The first-order valence-corrected chi connectivity index (χ1v) is 9.16.